The van der Waals surface area contributed by atoms with Crippen molar-refractivity contribution >= 4 is 53.2 Å². The fourth-order valence-electron chi connectivity index (χ4n) is 16.7. The number of likely N-dealkylation sites (tertiary alicyclic amines) is 2. The highest BCUT2D eigenvalue weighted by atomic mass is 16.5. The summed E-state index contributed by atoms with van der Waals surface area (Å²) < 4.78 is 39.7. The standard InChI is InChI=1S/C33H37N3O6.2C32H33N3O5/c1-40-31(37)15-14-29(32(38)34-20-24-6-3-2-4-7-24)36-22-28-27(33(36)39)8-5-9-30(28)42-23-26-12-10-25(11-13-26)21-35-16-18-41-19-17-35;2*36-30-14-13-28(32(38)35(30)20-23-5-2-1-3-6-23)34-21-27-26(31(34)37)7-4-8-29(27)40-22-25-11-9-24(10-12-25)19-33-15-17-39-18-16-33/h2-13,29H,14-23H2,1H3,(H,34,38);2*1-12,28H,13-22H2/t29-;2*28-/m000/s1. The molecule has 122 heavy (non-hydrogen) atoms. The first-order valence-electron chi connectivity index (χ1n) is 42.1. The number of rotatable bonds is 28. The Labute approximate surface area is 710 Å². The monoisotopic (exact) mass is 1650 g/mol. The van der Waals surface area contributed by atoms with E-state index in [1.54, 1.807) is 34.1 Å². The molecule has 25 heteroatoms. The van der Waals surface area contributed by atoms with Crippen LogP contribution in [0, 0.1) is 0 Å². The van der Waals surface area contributed by atoms with Crippen molar-refractivity contribution in [1.82, 2.24) is 44.5 Å². The van der Waals surface area contributed by atoms with Gasteiger partial charge in [-0.15, -0.1) is 0 Å². The van der Waals surface area contributed by atoms with Crippen molar-refractivity contribution in [1.29, 1.82) is 0 Å². The zero-order valence-corrected chi connectivity index (χ0v) is 68.8. The number of methoxy groups -OCH3 is 1. The second-order valence-corrected chi connectivity index (χ2v) is 31.7. The van der Waals surface area contributed by atoms with Crippen LogP contribution in [0.4, 0.5) is 0 Å². The van der Waals surface area contributed by atoms with Crippen LogP contribution in [0.15, 0.2) is 218 Å². The lowest BCUT2D eigenvalue weighted by atomic mass is 10.0. The van der Waals surface area contributed by atoms with Crippen molar-refractivity contribution in [2.75, 3.05) is 86.0 Å². The summed E-state index contributed by atoms with van der Waals surface area (Å²) in [5.74, 6) is -0.531. The maximum atomic E-state index is 13.5. The van der Waals surface area contributed by atoms with Gasteiger partial charge in [0.1, 0.15) is 55.2 Å². The lowest BCUT2D eigenvalue weighted by molar-refractivity contribution is -0.154. The minimum absolute atomic E-state index is 0.0188. The van der Waals surface area contributed by atoms with Crippen molar-refractivity contribution in [3.05, 3.63) is 302 Å². The summed E-state index contributed by atoms with van der Waals surface area (Å²) in [6.07, 6.45) is 1.29. The fraction of sp³-hybridized carbons (Fsp3) is 0.351. The van der Waals surface area contributed by atoms with Crippen LogP contribution in [0.5, 0.6) is 17.2 Å². The summed E-state index contributed by atoms with van der Waals surface area (Å²) in [5.41, 5.74) is 13.5. The highest BCUT2D eigenvalue weighted by molar-refractivity contribution is 6.07. The molecule has 9 aromatic carbocycles. The van der Waals surface area contributed by atoms with Gasteiger partial charge < -0.3 is 53.2 Å². The van der Waals surface area contributed by atoms with Gasteiger partial charge in [0.05, 0.1) is 79.5 Å². The smallest absolute Gasteiger partial charge is 0.305 e. The summed E-state index contributed by atoms with van der Waals surface area (Å²) in [7, 11) is 1.31. The predicted octanol–water partition coefficient (Wildman–Crippen LogP) is 11.2. The summed E-state index contributed by atoms with van der Waals surface area (Å²) in [6.45, 7) is 15.7. The van der Waals surface area contributed by atoms with E-state index in [4.69, 9.17) is 33.2 Å². The minimum Gasteiger partial charge on any atom is -0.489 e. The summed E-state index contributed by atoms with van der Waals surface area (Å²) in [6, 6.07) is 67.8. The van der Waals surface area contributed by atoms with Crippen molar-refractivity contribution in [3.8, 4) is 17.2 Å². The van der Waals surface area contributed by atoms with E-state index in [1.807, 2.05) is 121 Å². The van der Waals surface area contributed by atoms with Gasteiger partial charge in [-0.2, -0.15) is 0 Å². The Morgan fingerprint density at radius 3 is 1.09 bits per heavy atom. The van der Waals surface area contributed by atoms with Gasteiger partial charge >= 0.3 is 5.97 Å². The normalized spacial score (nSPS) is 18.3. The molecular weight excluding hydrogens is 1550 g/mol. The minimum atomic E-state index is -0.834. The topological polar surface area (TPSA) is 256 Å². The number of hydrogen-bond donors (Lipinski definition) is 1. The molecule has 5 saturated heterocycles. The summed E-state index contributed by atoms with van der Waals surface area (Å²) in [5, 5.41) is 2.93. The lowest BCUT2D eigenvalue weighted by Crippen LogP contribution is -2.54. The van der Waals surface area contributed by atoms with E-state index in [0.717, 1.165) is 149 Å². The van der Waals surface area contributed by atoms with Crippen LogP contribution in [0.25, 0.3) is 0 Å². The van der Waals surface area contributed by atoms with Crippen LogP contribution in [0.2, 0.25) is 0 Å². The van der Waals surface area contributed by atoms with Crippen molar-refractivity contribution in [3.63, 3.8) is 0 Å². The zero-order chi connectivity index (χ0) is 84.3. The van der Waals surface area contributed by atoms with E-state index in [-0.39, 0.29) is 106 Å². The first-order chi connectivity index (χ1) is 59.6. The number of benzene rings is 9. The third-order valence-electron chi connectivity index (χ3n) is 23.6. The third kappa shape index (κ3) is 21.2. The first kappa shape index (κ1) is 84.8. The summed E-state index contributed by atoms with van der Waals surface area (Å²) in [4.78, 5) is 132. The van der Waals surface area contributed by atoms with Gasteiger partial charge in [-0.05, 0) is 106 Å². The molecule has 0 aromatic heterocycles. The Balaban J connectivity index is 0.000000142. The molecule has 0 spiro atoms. The number of carbonyl (C=O) groups excluding carboxylic acids is 9. The quantitative estimate of drug-likeness (QED) is 0.0353. The fourth-order valence-corrected chi connectivity index (χ4v) is 16.7. The number of fused-ring (bicyclic) bond motifs is 3. The van der Waals surface area contributed by atoms with Crippen molar-refractivity contribution < 1.29 is 76.3 Å². The number of nitrogens with one attached hydrogen (secondary N) is 1. The first-order valence-corrected chi connectivity index (χ1v) is 42.1. The number of nitrogens with zero attached hydrogens (tertiary/aromatic N) is 8. The predicted molar refractivity (Wildman–Crippen MR) is 453 cm³/mol. The van der Waals surface area contributed by atoms with Gasteiger partial charge in [0, 0.05) is 118 Å². The molecule has 1 N–H and O–H groups in total. The number of imide groups is 2. The molecule has 0 saturated carbocycles. The number of hydrogen-bond acceptors (Lipinski definition) is 19. The molecule has 8 amide bonds. The SMILES string of the molecule is COC(=O)CC[C@@H](C(=O)NCc1ccccc1)N1Cc2c(OCc3ccc(CN4CCOCC4)cc3)cccc2C1=O.O=C1CC[C@H](N2Cc3c(OCc4ccc(CN5CCOCC5)cc4)cccc3C2=O)C(=O)N1Cc1ccccc1.O=C1CC[C@H](N2Cc3c(OCc4ccc(CN5CCOCC5)cc4)cccc3C2=O)C(=O)N1Cc1ccccc1. The van der Waals surface area contributed by atoms with Crippen LogP contribution < -0.4 is 19.5 Å². The second kappa shape index (κ2) is 40.9. The number of morpholine rings is 3. The Morgan fingerprint density at radius 2 is 0.721 bits per heavy atom. The molecular formula is C97H103N9O16. The molecule has 8 heterocycles. The molecule has 3 atom stereocenters. The maximum Gasteiger partial charge on any atom is 0.305 e. The van der Waals surface area contributed by atoms with Crippen LogP contribution in [0.3, 0.4) is 0 Å². The van der Waals surface area contributed by atoms with Gasteiger partial charge in [0.2, 0.25) is 17.7 Å². The van der Waals surface area contributed by atoms with Crippen LogP contribution >= 0.6 is 0 Å². The third-order valence-corrected chi connectivity index (χ3v) is 23.6. The molecule has 17 rings (SSSR count). The van der Waals surface area contributed by atoms with Crippen LogP contribution in [-0.2, 0) is 126 Å². The molecule has 9 aromatic rings. The summed E-state index contributed by atoms with van der Waals surface area (Å²) >= 11 is 0. The van der Waals surface area contributed by atoms with E-state index in [9.17, 15) is 43.2 Å². The molecule has 8 aliphatic heterocycles. The number of carbonyl (C=O) groups is 9. The van der Waals surface area contributed by atoms with Crippen molar-refractivity contribution in [2.24, 2.45) is 0 Å². The zero-order valence-electron chi connectivity index (χ0n) is 68.8. The molecule has 0 bridgehead atoms. The average Bonchev–Trinajstić information content (AvgIpc) is 1.63. The van der Waals surface area contributed by atoms with E-state index in [2.05, 4.69) is 92.8 Å². The van der Waals surface area contributed by atoms with E-state index >= 15 is 0 Å². The van der Waals surface area contributed by atoms with Crippen molar-refractivity contribution in [2.45, 2.75) is 135 Å². The molecule has 5 fully saturated rings. The molecule has 632 valence electrons. The molecule has 0 radical (unpaired) electrons. The number of esters is 1. The Kier molecular flexibility index (Phi) is 28.4. The Hall–Kier alpha value is -12.2. The lowest BCUT2D eigenvalue weighted by Gasteiger charge is -2.35. The number of ether oxygens (including phenoxy) is 7. The highest BCUT2D eigenvalue weighted by Crippen LogP contribution is 2.39. The molecule has 25 nitrogen and oxygen atoms in total. The molecule has 0 unspecified atom stereocenters. The van der Waals surface area contributed by atoms with E-state index in [1.165, 1.54) is 38.5 Å². The van der Waals surface area contributed by atoms with Crippen LogP contribution in [-0.4, -0.2) is 197 Å². The van der Waals surface area contributed by atoms with Gasteiger partial charge in [-0.1, -0.05) is 182 Å². The van der Waals surface area contributed by atoms with Gasteiger partial charge in [-0.25, -0.2) is 0 Å². The largest absolute Gasteiger partial charge is 0.489 e. The number of amides is 8. The molecule has 8 aliphatic rings. The number of piperidine rings is 2. The van der Waals surface area contributed by atoms with Gasteiger partial charge in [-0.3, -0.25) is 67.7 Å². The Morgan fingerprint density at radius 1 is 0.385 bits per heavy atom. The Bertz CT molecular complexity index is 4950. The van der Waals surface area contributed by atoms with Gasteiger partial charge in [0.25, 0.3) is 29.5 Å². The van der Waals surface area contributed by atoms with E-state index in [0.29, 0.717) is 73.1 Å². The van der Waals surface area contributed by atoms with Crippen LogP contribution in [0.1, 0.15) is 136 Å². The maximum absolute atomic E-state index is 13.5. The highest BCUT2D eigenvalue weighted by Gasteiger charge is 2.46. The van der Waals surface area contributed by atoms with Gasteiger partial charge in [0.15, 0.2) is 0 Å². The average molecular weight is 1650 g/mol. The van der Waals surface area contributed by atoms with E-state index < -0.39 is 24.1 Å². The second-order valence-electron chi connectivity index (χ2n) is 31.7. The molecule has 0 aliphatic carbocycles.